The Kier molecular flexibility index (Phi) is 3.88. The third kappa shape index (κ3) is 2.43. The number of hydrogen-bond acceptors (Lipinski definition) is 4. The molecule has 1 aromatic carbocycles. The molecule has 5 nitrogen and oxygen atoms in total. The minimum absolute atomic E-state index is 0.288. The smallest absolute Gasteiger partial charge is 0.125 e. The van der Waals surface area contributed by atoms with Crippen LogP contribution in [0, 0.1) is 0 Å². The van der Waals surface area contributed by atoms with E-state index >= 15 is 0 Å². The summed E-state index contributed by atoms with van der Waals surface area (Å²) in [5.74, 6) is 2.45. The van der Waals surface area contributed by atoms with Crippen molar-refractivity contribution in [2.45, 2.75) is 19.8 Å². The van der Waals surface area contributed by atoms with Gasteiger partial charge >= 0.3 is 0 Å². The molecule has 20 heavy (non-hydrogen) atoms. The van der Waals surface area contributed by atoms with Crippen molar-refractivity contribution < 1.29 is 9.47 Å². The second-order valence-corrected chi connectivity index (χ2v) is 5.03. The molecule has 2 N–H and O–H groups in total. The van der Waals surface area contributed by atoms with Crippen molar-refractivity contribution in [3.63, 3.8) is 0 Å². The first-order valence-corrected chi connectivity index (χ1v) is 6.53. The van der Waals surface area contributed by atoms with Crippen molar-refractivity contribution in [1.82, 2.24) is 9.78 Å². The van der Waals surface area contributed by atoms with Gasteiger partial charge in [0.05, 0.1) is 19.9 Å². The molecule has 1 aromatic heterocycles. The zero-order chi connectivity index (χ0) is 14.9. The van der Waals surface area contributed by atoms with Crippen LogP contribution < -0.4 is 15.2 Å². The Morgan fingerprint density at radius 3 is 2.10 bits per heavy atom. The van der Waals surface area contributed by atoms with Crippen molar-refractivity contribution in [3.05, 3.63) is 23.8 Å². The minimum Gasteiger partial charge on any atom is -0.497 e. The average Bonchev–Trinajstić information content (AvgIpc) is 2.74. The molecule has 108 valence electrons. The Bertz CT molecular complexity index is 596. The number of nitrogens with zero attached hydrogens (tertiary/aromatic N) is 2. The molecule has 2 rings (SSSR count). The highest BCUT2D eigenvalue weighted by molar-refractivity contribution is 5.71. The van der Waals surface area contributed by atoms with Crippen LogP contribution in [0.3, 0.4) is 0 Å². The predicted molar refractivity (Wildman–Crippen MR) is 80.2 cm³/mol. The molecular formula is C15H21N3O2. The number of methoxy groups -OCH3 is 2. The maximum absolute atomic E-state index is 6.12. The summed E-state index contributed by atoms with van der Waals surface area (Å²) in [6.45, 7) is 4.21. The SMILES string of the molecule is COc1cc(OC)cc(-c2nn(C)c(N)c2C(C)C)c1. The maximum Gasteiger partial charge on any atom is 0.125 e. The van der Waals surface area contributed by atoms with Crippen molar-refractivity contribution in [2.24, 2.45) is 7.05 Å². The molecule has 0 atom stereocenters. The van der Waals surface area contributed by atoms with E-state index in [1.54, 1.807) is 18.9 Å². The number of hydrogen-bond donors (Lipinski definition) is 1. The van der Waals surface area contributed by atoms with E-state index in [9.17, 15) is 0 Å². The highest BCUT2D eigenvalue weighted by Crippen LogP contribution is 2.36. The van der Waals surface area contributed by atoms with E-state index in [1.165, 1.54) is 0 Å². The van der Waals surface area contributed by atoms with Gasteiger partial charge in [-0.3, -0.25) is 4.68 Å². The molecule has 1 heterocycles. The summed E-state index contributed by atoms with van der Waals surface area (Å²) in [7, 11) is 5.12. The first-order chi connectivity index (χ1) is 9.47. The van der Waals surface area contributed by atoms with Gasteiger partial charge in [-0.15, -0.1) is 0 Å². The van der Waals surface area contributed by atoms with Crippen LogP contribution in [0.5, 0.6) is 11.5 Å². The fourth-order valence-corrected chi connectivity index (χ4v) is 2.28. The van der Waals surface area contributed by atoms with Crippen LogP contribution in [0.25, 0.3) is 11.3 Å². The molecule has 0 fully saturated rings. The molecule has 0 saturated carbocycles. The maximum atomic E-state index is 6.12. The summed E-state index contributed by atoms with van der Waals surface area (Å²) in [4.78, 5) is 0. The van der Waals surface area contributed by atoms with Gasteiger partial charge in [0.1, 0.15) is 17.3 Å². The van der Waals surface area contributed by atoms with Gasteiger partial charge in [0, 0.05) is 24.2 Å². The number of aryl methyl sites for hydroxylation is 1. The molecule has 0 aliphatic heterocycles. The molecule has 0 bridgehead atoms. The molecule has 0 aliphatic carbocycles. The topological polar surface area (TPSA) is 62.3 Å². The number of ether oxygens (including phenoxy) is 2. The number of aromatic nitrogens is 2. The number of nitrogen functional groups attached to an aromatic ring is 1. The van der Waals surface area contributed by atoms with Crippen LogP contribution in [-0.2, 0) is 7.05 Å². The second kappa shape index (κ2) is 5.45. The third-order valence-corrected chi connectivity index (χ3v) is 3.33. The lowest BCUT2D eigenvalue weighted by Gasteiger charge is -2.10. The van der Waals surface area contributed by atoms with E-state index in [-0.39, 0.29) is 5.92 Å². The van der Waals surface area contributed by atoms with E-state index in [2.05, 4.69) is 18.9 Å². The molecular weight excluding hydrogens is 254 g/mol. The Hall–Kier alpha value is -2.17. The number of rotatable bonds is 4. The molecule has 0 amide bonds. The van der Waals surface area contributed by atoms with E-state index in [0.717, 1.165) is 28.3 Å². The second-order valence-electron chi connectivity index (χ2n) is 5.03. The normalized spacial score (nSPS) is 10.9. The summed E-state index contributed by atoms with van der Waals surface area (Å²) in [6, 6.07) is 5.72. The van der Waals surface area contributed by atoms with Crippen LogP contribution in [-0.4, -0.2) is 24.0 Å². The fourth-order valence-electron chi connectivity index (χ4n) is 2.28. The van der Waals surface area contributed by atoms with E-state index in [1.807, 2.05) is 25.2 Å². The largest absolute Gasteiger partial charge is 0.497 e. The molecule has 0 aliphatic rings. The van der Waals surface area contributed by atoms with Gasteiger partial charge < -0.3 is 15.2 Å². The summed E-state index contributed by atoms with van der Waals surface area (Å²) in [5, 5.41) is 4.53. The van der Waals surface area contributed by atoms with Gasteiger partial charge in [0.25, 0.3) is 0 Å². The van der Waals surface area contributed by atoms with Crippen LogP contribution in [0.1, 0.15) is 25.3 Å². The van der Waals surface area contributed by atoms with Crippen molar-refractivity contribution >= 4 is 5.82 Å². The Labute approximate surface area is 119 Å². The monoisotopic (exact) mass is 275 g/mol. The van der Waals surface area contributed by atoms with Crippen molar-refractivity contribution in [3.8, 4) is 22.8 Å². The van der Waals surface area contributed by atoms with E-state index in [4.69, 9.17) is 15.2 Å². The molecule has 0 saturated heterocycles. The lowest BCUT2D eigenvalue weighted by Crippen LogP contribution is -2.00. The standard InChI is InChI=1S/C15H21N3O2/c1-9(2)13-14(17-18(3)15(13)16)10-6-11(19-4)8-12(7-10)20-5/h6-9H,16H2,1-5H3. The van der Waals surface area contributed by atoms with Gasteiger partial charge in [-0.25, -0.2) is 0 Å². The summed E-state index contributed by atoms with van der Waals surface area (Å²) in [6.07, 6.45) is 0. The molecule has 2 aromatic rings. The van der Waals surface area contributed by atoms with Gasteiger partial charge in [-0.05, 0) is 18.1 Å². The molecule has 0 radical (unpaired) electrons. The zero-order valence-electron chi connectivity index (χ0n) is 12.6. The van der Waals surface area contributed by atoms with Gasteiger partial charge in [-0.1, -0.05) is 13.8 Å². The Morgan fingerprint density at radius 2 is 1.65 bits per heavy atom. The lowest BCUT2D eigenvalue weighted by atomic mass is 9.98. The number of nitrogens with two attached hydrogens (primary N) is 1. The Balaban J connectivity index is 2.64. The summed E-state index contributed by atoms with van der Waals surface area (Å²) < 4.78 is 12.3. The number of anilines is 1. The van der Waals surface area contributed by atoms with E-state index in [0.29, 0.717) is 5.82 Å². The first-order valence-electron chi connectivity index (χ1n) is 6.53. The van der Waals surface area contributed by atoms with Gasteiger partial charge in [0.2, 0.25) is 0 Å². The van der Waals surface area contributed by atoms with Crippen LogP contribution in [0.4, 0.5) is 5.82 Å². The van der Waals surface area contributed by atoms with Crippen LogP contribution in [0.15, 0.2) is 18.2 Å². The predicted octanol–water partition coefficient (Wildman–Crippen LogP) is 2.81. The summed E-state index contributed by atoms with van der Waals surface area (Å²) >= 11 is 0. The van der Waals surface area contributed by atoms with Gasteiger partial charge in [-0.2, -0.15) is 5.10 Å². The molecule has 5 heteroatoms. The minimum atomic E-state index is 0.288. The zero-order valence-corrected chi connectivity index (χ0v) is 12.6. The van der Waals surface area contributed by atoms with E-state index < -0.39 is 0 Å². The first kappa shape index (κ1) is 14.2. The van der Waals surface area contributed by atoms with Gasteiger partial charge in [0.15, 0.2) is 0 Å². The quantitative estimate of drug-likeness (QED) is 0.932. The fraction of sp³-hybridized carbons (Fsp3) is 0.400. The highest BCUT2D eigenvalue weighted by Gasteiger charge is 2.19. The summed E-state index contributed by atoms with van der Waals surface area (Å²) in [5.41, 5.74) is 8.98. The molecule has 0 spiro atoms. The van der Waals surface area contributed by atoms with Crippen molar-refractivity contribution in [1.29, 1.82) is 0 Å². The molecule has 0 unspecified atom stereocenters. The van der Waals surface area contributed by atoms with Crippen LogP contribution >= 0.6 is 0 Å². The highest BCUT2D eigenvalue weighted by atomic mass is 16.5. The Morgan fingerprint density at radius 1 is 1.10 bits per heavy atom. The number of benzene rings is 1. The van der Waals surface area contributed by atoms with Crippen LogP contribution in [0.2, 0.25) is 0 Å². The average molecular weight is 275 g/mol. The lowest BCUT2D eigenvalue weighted by molar-refractivity contribution is 0.394. The van der Waals surface area contributed by atoms with Crippen molar-refractivity contribution in [2.75, 3.05) is 20.0 Å². The third-order valence-electron chi connectivity index (χ3n) is 3.33.